The molecule has 1 aliphatic rings. The lowest BCUT2D eigenvalue weighted by atomic mass is 9.81. The van der Waals surface area contributed by atoms with Gasteiger partial charge in [-0.1, -0.05) is 39.3 Å². The number of piperazine rings is 1. The number of thiophene rings is 1. The highest BCUT2D eigenvalue weighted by Crippen LogP contribution is 2.32. The van der Waals surface area contributed by atoms with Gasteiger partial charge in [0.05, 0.1) is 4.34 Å². The van der Waals surface area contributed by atoms with Crippen LogP contribution < -0.4 is 5.32 Å². The fourth-order valence-corrected chi connectivity index (χ4v) is 4.09. The van der Waals surface area contributed by atoms with Crippen LogP contribution in [0.3, 0.4) is 0 Å². The Kier molecular flexibility index (Phi) is 4.85. The van der Waals surface area contributed by atoms with E-state index in [1.807, 2.05) is 6.07 Å². The van der Waals surface area contributed by atoms with Gasteiger partial charge in [-0.05, 0) is 30.9 Å². The lowest BCUT2D eigenvalue weighted by Crippen LogP contribution is -2.65. The molecule has 0 saturated carbocycles. The number of hydrogen-bond donors (Lipinski definition) is 1. The van der Waals surface area contributed by atoms with Crippen LogP contribution >= 0.6 is 22.9 Å². The van der Waals surface area contributed by atoms with Gasteiger partial charge in [0.25, 0.3) is 0 Å². The first-order valence-electron chi connectivity index (χ1n) is 7.47. The maximum absolute atomic E-state index is 6.08. The van der Waals surface area contributed by atoms with Gasteiger partial charge in [-0.25, -0.2) is 0 Å². The summed E-state index contributed by atoms with van der Waals surface area (Å²) in [5.41, 5.74) is 0.506. The van der Waals surface area contributed by atoms with E-state index in [1.165, 1.54) is 4.88 Å². The Morgan fingerprint density at radius 2 is 2.15 bits per heavy atom. The SMILES string of the molecule is CCC1(C)CN(Cc2ccc(Cl)s2)C(C(C)(C)C)CN1. The van der Waals surface area contributed by atoms with Crippen molar-refractivity contribution in [1.82, 2.24) is 10.2 Å². The molecule has 1 N–H and O–H groups in total. The third-order valence-corrected chi connectivity index (χ3v) is 5.70. The van der Waals surface area contributed by atoms with E-state index in [-0.39, 0.29) is 11.0 Å². The van der Waals surface area contributed by atoms with Crippen molar-refractivity contribution >= 4 is 22.9 Å². The molecule has 0 aliphatic carbocycles. The van der Waals surface area contributed by atoms with E-state index in [4.69, 9.17) is 11.6 Å². The monoisotopic (exact) mass is 314 g/mol. The first kappa shape index (κ1) is 16.3. The Morgan fingerprint density at radius 1 is 1.45 bits per heavy atom. The molecule has 1 fully saturated rings. The van der Waals surface area contributed by atoms with Crippen molar-refractivity contribution in [3.63, 3.8) is 0 Å². The van der Waals surface area contributed by atoms with Crippen molar-refractivity contribution in [2.24, 2.45) is 5.41 Å². The molecule has 0 bridgehead atoms. The molecule has 20 heavy (non-hydrogen) atoms. The number of hydrogen-bond acceptors (Lipinski definition) is 3. The van der Waals surface area contributed by atoms with E-state index in [9.17, 15) is 0 Å². The van der Waals surface area contributed by atoms with Crippen LogP contribution in [0.15, 0.2) is 12.1 Å². The van der Waals surface area contributed by atoms with E-state index in [1.54, 1.807) is 11.3 Å². The van der Waals surface area contributed by atoms with Crippen LogP contribution in [-0.2, 0) is 6.54 Å². The topological polar surface area (TPSA) is 15.3 Å². The molecule has 2 heterocycles. The molecule has 114 valence electrons. The summed E-state index contributed by atoms with van der Waals surface area (Å²) in [5.74, 6) is 0. The van der Waals surface area contributed by atoms with Gasteiger partial charge in [0.2, 0.25) is 0 Å². The first-order chi connectivity index (χ1) is 9.23. The van der Waals surface area contributed by atoms with Crippen LogP contribution in [0.5, 0.6) is 0 Å². The second-order valence-corrected chi connectivity index (χ2v) is 9.09. The minimum atomic E-state index is 0.225. The largest absolute Gasteiger partial charge is 0.309 e. The summed E-state index contributed by atoms with van der Waals surface area (Å²) in [7, 11) is 0. The van der Waals surface area contributed by atoms with Crippen molar-refractivity contribution in [2.75, 3.05) is 13.1 Å². The van der Waals surface area contributed by atoms with Crippen molar-refractivity contribution in [3.8, 4) is 0 Å². The minimum absolute atomic E-state index is 0.225. The van der Waals surface area contributed by atoms with Crippen molar-refractivity contribution < 1.29 is 0 Å². The summed E-state index contributed by atoms with van der Waals surface area (Å²) >= 11 is 7.78. The first-order valence-corrected chi connectivity index (χ1v) is 8.66. The van der Waals surface area contributed by atoms with Crippen molar-refractivity contribution in [1.29, 1.82) is 0 Å². The maximum Gasteiger partial charge on any atom is 0.0931 e. The second kappa shape index (κ2) is 5.96. The summed E-state index contributed by atoms with van der Waals surface area (Å²) in [4.78, 5) is 4.01. The highest BCUT2D eigenvalue weighted by atomic mass is 35.5. The van der Waals surface area contributed by atoms with Gasteiger partial charge in [0, 0.05) is 36.1 Å². The van der Waals surface area contributed by atoms with Gasteiger partial charge in [0.1, 0.15) is 0 Å². The molecule has 2 unspecified atom stereocenters. The molecule has 1 saturated heterocycles. The minimum Gasteiger partial charge on any atom is -0.309 e. The van der Waals surface area contributed by atoms with Gasteiger partial charge >= 0.3 is 0 Å². The number of halogens is 1. The van der Waals surface area contributed by atoms with E-state index >= 15 is 0 Å². The second-order valence-electron chi connectivity index (χ2n) is 7.29. The van der Waals surface area contributed by atoms with E-state index in [2.05, 4.69) is 50.9 Å². The Hall–Kier alpha value is -0.0900. The summed E-state index contributed by atoms with van der Waals surface area (Å²) in [6, 6.07) is 4.73. The molecule has 0 spiro atoms. The highest BCUT2D eigenvalue weighted by molar-refractivity contribution is 7.16. The molecule has 2 rings (SSSR count). The average Bonchev–Trinajstić information content (AvgIpc) is 2.73. The quantitative estimate of drug-likeness (QED) is 0.890. The lowest BCUT2D eigenvalue weighted by Gasteiger charge is -2.50. The van der Waals surface area contributed by atoms with Crippen molar-refractivity contribution in [2.45, 2.75) is 59.2 Å². The summed E-state index contributed by atoms with van der Waals surface area (Å²) in [6.45, 7) is 14.8. The molecule has 1 aromatic heterocycles. The summed E-state index contributed by atoms with van der Waals surface area (Å²) in [6.07, 6.45) is 1.16. The highest BCUT2D eigenvalue weighted by Gasteiger charge is 2.39. The zero-order valence-corrected chi connectivity index (χ0v) is 14.9. The van der Waals surface area contributed by atoms with Crippen LogP contribution in [-0.4, -0.2) is 29.6 Å². The number of rotatable bonds is 3. The zero-order valence-electron chi connectivity index (χ0n) is 13.3. The van der Waals surface area contributed by atoms with Crippen LogP contribution in [0.4, 0.5) is 0 Å². The van der Waals surface area contributed by atoms with Crippen LogP contribution in [0.25, 0.3) is 0 Å². The van der Waals surface area contributed by atoms with Gasteiger partial charge in [-0.2, -0.15) is 0 Å². The molecule has 0 aromatic carbocycles. The molecule has 2 nitrogen and oxygen atoms in total. The van der Waals surface area contributed by atoms with Gasteiger partial charge < -0.3 is 5.32 Å². The lowest BCUT2D eigenvalue weighted by molar-refractivity contribution is 0.0211. The maximum atomic E-state index is 6.08. The Morgan fingerprint density at radius 3 is 2.65 bits per heavy atom. The smallest absolute Gasteiger partial charge is 0.0931 e. The molecule has 1 aliphatic heterocycles. The predicted molar refractivity (Wildman–Crippen MR) is 89.7 cm³/mol. The van der Waals surface area contributed by atoms with Crippen LogP contribution in [0.1, 0.15) is 45.9 Å². The van der Waals surface area contributed by atoms with Crippen LogP contribution in [0, 0.1) is 5.41 Å². The van der Waals surface area contributed by atoms with Crippen molar-refractivity contribution in [3.05, 3.63) is 21.3 Å². The average molecular weight is 315 g/mol. The molecule has 0 radical (unpaired) electrons. The zero-order chi connectivity index (χ0) is 15.0. The molecule has 2 atom stereocenters. The fourth-order valence-electron chi connectivity index (χ4n) is 2.98. The normalized spacial score (nSPS) is 28.8. The van der Waals surface area contributed by atoms with E-state index in [0.717, 1.165) is 30.4 Å². The molecule has 1 aromatic rings. The Balaban J connectivity index is 2.17. The predicted octanol–water partition coefficient (Wildman–Crippen LogP) is 4.39. The Bertz CT molecular complexity index is 452. The Labute approximate surface area is 132 Å². The molecule has 0 amide bonds. The molecule has 4 heteroatoms. The van der Waals surface area contributed by atoms with Gasteiger partial charge in [-0.15, -0.1) is 11.3 Å². The standard InChI is InChI=1S/C16H27ClN2S/c1-6-16(5)11-19(10-12-7-8-14(17)20-12)13(9-18-16)15(2,3)4/h7-8,13,18H,6,9-11H2,1-5H3. The number of nitrogens with one attached hydrogen (secondary N) is 1. The van der Waals surface area contributed by atoms with E-state index in [0.29, 0.717) is 6.04 Å². The third-order valence-electron chi connectivity index (χ3n) is 4.48. The summed E-state index contributed by atoms with van der Waals surface area (Å²) < 4.78 is 0.890. The molecular formula is C16H27ClN2S. The van der Waals surface area contributed by atoms with E-state index < -0.39 is 0 Å². The third kappa shape index (κ3) is 3.76. The van der Waals surface area contributed by atoms with Crippen LogP contribution in [0.2, 0.25) is 4.34 Å². The summed E-state index contributed by atoms with van der Waals surface area (Å²) in [5, 5.41) is 3.76. The van der Waals surface area contributed by atoms with Gasteiger partial charge in [0.15, 0.2) is 0 Å². The number of nitrogens with zero attached hydrogens (tertiary/aromatic N) is 1. The molecular weight excluding hydrogens is 288 g/mol. The fraction of sp³-hybridized carbons (Fsp3) is 0.750. The van der Waals surface area contributed by atoms with Gasteiger partial charge in [-0.3, -0.25) is 4.90 Å².